The van der Waals surface area contributed by atoms with E-state index in [0.717, 1.165) is 16.7 Å². The van der Waals surface area contributed by atoms with Crippen LogP contribution in [0.2, 0.25) is 0 Å². The van der Waals surface area contributed by atoms with E-state index in [4.69, 9.17) is 0 Å². The number of rotatable bonds is 6. The Kier molecular flexibility index (Phi) is 6.37. The van der Waals surface area contributed by atoms with Gasteiger partial charge in [-0.2, -0.15) is 0 Å². The van der Waals surface area contributed by atoms with E-state index in [1.54, 1.807) is 12.3 Å². The van der Waals surface area contributed by atoms with E-state index in [-0.39, 0.29) is 19.0 Å². The van der Waals surface area contributed by atoms with Crippen molar-refractivity contribution < 1.29 is 29.0 Å². The van der Waals surface area contributed by atoms with Gasteiger partial charge in [0, 0.05) is 24.0 Å². The molecule has 2 aliphatic heterocycles. The highest BCUT2D eigenvalue weighted by Crippen LogP contribution is 2.47. The topological polar surface area (TPSA) is 144 Å². The maximum absolute atomic E-state index is 13.5. The maximum atomic E-state index is 13.5. The van der Waals surface area contributed by atoms with Gasteiger partial charge in [-0.15, -0.1) is 0 Å². The van der Waals surface area contributed by atoms with E-state index in [1.807, 2.05) is 24.3 Å². The summed E-state index contributed by atoms with van der Waals surface area (Å²) in [6.07, 6.45) is 2.64. The van der Waals surface area contributed by atoms with Crippen LogP contribution in [0.4, 0.5) is 15.9 Å². The van der Waals surface area contributed by atoms with Gasteiger partial charge in [0.1, 0.15) is 23.7 Å². The van der Waals surface area contributed by atoms with Crippen molar-refractivity contribution in [2.75, 3.05) is 36.9 Å². The Morgan fingerprint density at radius 3 is 2.58 bits per heavy atom. The molecule has 206 valence electrons. The zero-order chi connectivity index (χ0) is 28.1. The standard InChI is InChI=1S/C29H28FN5O5/c30-20-6-3-17(4-7-20)23-13-32-29(15-36,16-37)27(40)35(23)14-24(38)33-21-8-5-18-11-28(12-19(18)10-21)22-2-1-9-31-25(22)34-26(28)39/h1-10,23,32,36-37H,11-16H2,(H,33,38)(H,31,34,39)/t23-,28+/m0/s1. The second-order valence-electron chi connectivity index (χ2n) is 10.6. The number of aliphatic hydroxyl groups is 2. The smallest absolute Gasteiger partial charge is 0.248 e. The Hall–Kier alpha value is -4.19. The summed E-state index contributed by atoms with van der Waals surface area (Å²) in [6, 6.07) is 14.2. The molecular weight excluding hydrogens is 517 g/mol. The normalized spacial score (nSPS) is 22.7. The molecule has 1 aliphatic carbocycles. The minimum absolute atomic E-state index is 0.0942. The average molecular weight is 546 g/mol. The molecule has 10 nitrogen and oxygen atoms in total. The van der Waals surface area contributed by atoms with Gasteiger partial charge in [0.15, 0.2) is 0 Å². The van der Waals surface area contributed by atoms with Gasteiger partial charge < -0.3 is 25.7 Å². The molecule has 0 bridgehead atoms. The Balaban J connectivity index is 1.22. The van der Waals surface area contributed by atoms with E-state index in [2.05, 4.69) is 20.9 Å². The Bertz CT molecular complexity index is 1510. The van der Waals surface area contributed by atoms with Gasteiger partial charge >= 0.3 is 0 Å². The molecule has 40 heavy (non-hydrogen) atoms. The molecule has 0 radical (unpaired) electrons. The predicted molar refractivity (Wildman–Crippen MR) is 143 cm³/mol. The number of fused-ring (bicyclic) bond motifs is 3. The first-order valence-corrected chi connectivity index (χ1v) is 13.0. The van der Waals surface area contributed by atoms with E-state index in [1.165, 1.54) is 29.2 Å². The first-order chi connectivity index (χ1) is 19.3. The number of aliphatic hydroxyl groups excluding tert-OH is 2. The lowest BCUT2D eigenvalue weighted by molar-refractivity contribution is -0.151. The molecule has 0 unspecified atom stereocenters. The van der Waals surface area contributed by atoms with Crippen LogP contribution in [-0.4, -0.2) is 69.7 Å². The van der Waals surface area contributed by atoms with E-state index < -0.39 is 47.8 Å². The van der Waals surface area contributed by atoms with E-state index >= 15 is 0 Å². The van der Waals surface area contributed by atoms with Crippen LogP contribution in [0.25, 0.3) is 0 Å². The SMILES string of the molecule is O=C(CN1C(=O)C(CO)(CO)NC[C@H]1c1ccc(F)cc1)Nc1ccc2c(c1)C[C@@]1(C2)C(=O)Nc2ncccc21. The lowest BCUT2D eigenvalue weighted by Crippen LogP contribution is -2.69. The summed E-state index contributed by atoms with van der Waals surface area (Å²) in [7, 11) is 0. The van der Waals surface area contributed by atoms with Crippen LogP contribution in [0.3, 0.4) is 0 Å². The number of aromatic nitrogens is 1. The lowest BCUT2D eigenvalue weighted by Gasteiger charge is -2.45. The zero-order valence-corrected chi connectivity index (χ0v) is 21.5. The number of halogens is 1. The van der Waals surface area contributed by atoms with Gasteiger partial charge in [0.05, 0.1) is 24.7 Å². The van der Waals surface area contributed by atoms with Crippen molar-refractivity contribution >= 4 is 29.2 Å². The van der Waals surface area contributed by atoms with Crippen molar-refractivity contribution in [3.63, 3.8) is 0 Å². The number of hydrogen-bond donors (Lipinski definition) is 5. The molecule has 3 heterocycles. The third-order valence-corrected chi connectivity index (χ3v) is 8.25. The molecular formula is C29H28FN5O5. The molecule has 1 saturated heterocycles. The molecule has 2 atom stereocenters. The van der Waals surface area contributed by atoms with Crippen molar-refractivity contribution in [3.05, 3.63) is 88.9 Å². The molecule has 1 aromatic heterocycles. The molecule has 11 heteroatoms. The Morgan fingerprint density at radius 1 is 1.07 bits per heavy atom. The van der Waals surface area contributed by atoms with E-state index in [9.17, 15) is 29.0 Å². The fourth-order valence-corrected chi connectivity index (χ4v) is 6.06. The minimum Gasteiger partial charge on any atom is -0.394 e. The lowest BCUT2D eigenvalue weighted by atomic mass is 9.79. The number of piperazine rings is 1. The Labute approximate surface area is 229 Å². The number of amides is 3. The number of pyridine rings is 1. The van der Waals surface area contributed by atoms with Gasteiger partial charge in [0.2, 0.25) is 17.7 Å². The molecule has 5 N–H and O–H groups in total. The first kappa shape index (κ1) is 26.1. The summed E-state index contributed by atoms with van der Waals surface area (Å²) < 4.78 is 13.5. The summed E-state index contributed by atoms with van der Waals surface area (Å²) in [5.74, 6) is -1.07. The number of nitrogens with zero attached hydrogens (tertiary/aromatic N) is 2. The molecule has 0 saturated carbocycles. The van der Waals surface area contributed by atoms with Gasteiger partial charge in [-0.1, -0.05) is 24.3 Å². The van der Waals surface area contributed by atoms with Crippen LogP contribution in [0.5, 0.6) is 0 Å². The zero-order valence-electron chi connectivity index (χ0n) is 21.5. The van der Waals surface area contributed by atoms with Crippen molar-refractivity contribution in [1.82, 2.24) is 15.2 Å². The first-order valence-electron chi connectivity index (χ1n) is 13.0. The summed E-state index contributed by atoms with van der Waals surface area (Å²) in [6.45, 7) is -1.53. The molecule has 3 aliphatic rings. The van der Waals surface area contributed by atoms with Crippen LogP contribution >= 0.6 is 0 Å². The van der Waals surface area contributed by atoms with Gasteiger partial charge in [0.25, 0.3) is 0 Å². The fourth-order valence-electron chi connectivity index (χ4n) is 6.06. The number of anilines is 2. The van der Waals surface area contributed by atoms with Crippen molar-refractivity contribution in [3.8, 4) is 0 Å². The van der Waals surface area contributed by atoms with Crippen LogP contribution in [0, 0.1) is 5.82 Å². The number of carbonyl (C=O) groups excluding carboxylic acids is 3. The summed E-state index contributed by atoms with van der Waals surface area (Å²) >= 11 is 0. The van der Waals surface area contributed by atoms with Crippen molar-refractivity contribution in [1.29, 1.82) is 0 Å². The Morgan fingerprint density at radius 2 is 1.82 bits per heavy atom. The summed E-state index contributed by atoms with van der Waals surface area (Å²) in [5.41, 5.74) is 1.56. The maximum Gasteiger partial charge on any atom is 0.248 e. The monoisotopic (exact) mass is 545 g/mol. The number of nitrogens with one attached hydrogen (secondary N) is 3. The molecule has 1 fully saturated rings. The average Bonchev–Trinajstić information content (AvgIpc) is 3.47. The van der Waals surface area contributed by atoms with Crippen LogP contribution < -0.4 is 16.0 Å². The number of carbonyl (C=O) groups is 3. The second-order valence-corrected chi connectivity index (χ2v) is 10.6. The summed E-state index contributed by atoms with van der Waals surface area (Å²) in [5, 5.41) is 28.4. The van der Waals surface area contributed by atoms with E-state index in [0.29, 0.717) is 29.9 Å². The second kappa shape index (κ2) is 9.77. The minimum atomic E-state index is -1.63. The third-order valence-electron chi connectivity index (χ3n) is 8.25. The van der Waals surface area contributed by atoms with Crippen molar-refractivity contribution in [2.24, 2.45) is 0 Å². The summed E-state index contributed by atoms with van der Waals surface area (Å²) in [4.78, 5) is 45.2. The highest BCUT2D eigenvalue weighted by molar-refractivity contribution is 6.06. The predicted octanol–water partition coefficient (Wildman–Crippen LogP) is 1.04. The molecule has 3 amide bonds. The van der Waals surface area contributed by atoms with Gasteiger partial charge in [-0.25, -0.2) is 9.37 Å². The third kappa shape index (κ3) is 4.14. The number of hydrogen-bond acceptors (Lipinski definition) is 7. The van der Waals surface area contributed by atoms with Crippen LogP contribution in [0.15, 0.2) is 60.8 Å². The van der Waals surface area contributed by atoms with Crippen LogP contribution in [0.1, 0.15) is 28.3 Å². The molecule has 2 aromatic carbocycles. The molecule has 3 aromatic rings. The highest BCUT2D eigenvalue weighted by atomic mass is 19.1. The van der Waals surface area contributed by atoms with Gasteiger partial charge in [-0.05, 0) is 59.9 Å². The molecule has 1 spiro atoms. The molecule has 6 rings (SSSR count). The van der Waals surface area contributed by atoms with Crippen LogP contribution in [-0.2, 0) is 32.6 Å². The number of benzene rings is 2. The van der Waals surface area contributed by atoms with Crippen molar-refractivity contribution in [2.45, 2.75) is 29.8 Å². The highest BCUT2D eigenvalue weighted by Gasteiger charge is 2.51. The fraction of sp³-hybridized carbons (Fsp3) is 0.310. The quantitative estimate of drug-likeness (QED) is 0.311. The van der Waals surface area contributed by atoms with Gasteiger partial charge in [-0.3, -0.25) is 19.7 Å². The largest absolute Gasteiger partial charge is 0.394 e.